The summed E-state index contributed by atoms with van der Waals surface area (Å²) in [4.78, 5) is 11.0. The van der Waals surface area contributed by atoms with Crippen LogP contribution in [-0.4, -0.2) is 39.4 Å². The molecular formula is C18H20ClN5O. The van der Waals surface area contributed by atoms with Crippen LogP contribution < -0.4 is 4.90 Å². The Balaban J connectivity index is 1.41. The first-order valence-electron chi connectivity index (χ1n) is 8.42. The van der Waals surface area contributed by atoms with Gasteiger partial charge in [-0.15, -0.1) is 0 Å². The fourth-order valence-electron chi connectivity index (χ4n) is 3.30. The van der Waals surface area contributed by atoms with Gasteiger partial charge in [0.1, 0.15) is 5.82 Å². The molecule has 7 heteroatoms. The van der Waals surface area contributed by atoms with E-state index in [0.29, 0.717) is 12.5 Å². The third-order valence-electron chi connectivity index (χ3n) is 4.60. The van der Waals surface area contributed by atoms with Gasteiger partial charge in [0.25, 0.3) is 0 Å². The molecule has 25 heavy (non-hydrogen) atoms. The number of hydrogen-bond donors (Lipinski definition) is 0. The van der Waals surface area contributed by atoms with Crippen molar-refractivity contribution >= 4 is 28.5 Å². The predicted molar refractivity (Wildman–Crippen MR) is 97.7 cm³/mol. The van der Waals surface area contributed by atoms with Gasteiger partial charge < -0.3 is 9.64 Å². The zero-order valence-corrected chi connectivity index (χ0v) is 14.9. The minimum absolute atomic E-state index is 0.259. The summed E-state index contributed by atoms with van der Waals surface area (Å²) in [5.74, 6) is 1.36. The molecule has 1 unspecified atom stereocenters. The normalized spacial score (nSPS) is 17.5. The van der Waals surface area contributed by atoms with Crippen molar-refractivity contribution in [3.63, 3.8) is 0 Å². The van der Waals surface area contributed by atoms with E-state index in [0.717, 1.165) is 43.0 Å². The second-order valence-corrected chi connectivity index (χ2v) is 6.76. The highest BCUT2D eigenvalue weighted by Gasteiger charge is 2.26. The monoisotopic (exact) mass is 357 g/mol. The van der Waals surface area contributed by atoms with Crippen LogP contribution in [0.25, 0.3) is 11.0 Å². The second kappa shape index (κ2) is 6.98. The van der Waals surface area contributed by atoms with Gasteiger partial charge in [0, 0.05) is 26.1 Å². The molecule has 1 aliphatic heterocycles. The van der Waals surface area contributed by atoms with Crippen LogP contribution in [0, 0.1) is 5.92 Å². The van der Waals surface area contributed by atoms with Crippen molar-refractivity contribution < 1.29 is 4.74 Å². The van der Waals surface area contributed by atoms with Gasteiger partial charge in [-0.1, -0.05) is 30.3 Å². The third kappa shape index (κ3) is 3.45. The molecule has 1 aliphatic rings. The fraction of sp³-hybridized carbons (Fsp3) is 0.389. The predicted octanol–water partition coefficient (Wildman–Crippen LogP) is 3.06. The molecule has 1 atom stereocenters. The molecule has 1 fully saturated rings. The Morgan fingerprint density at radius 2 is 2.08 bits per heavy atom. The van der Waals surface area contributed by atoms with Crippen LogP contribution in [0.5, 0.6) is 0 Å². The number of aromatic nitrogens is 4. The van der Waals surface area contributed by atoms with Gasteiger partial charge in [0.15, 0.2) is 5.65 Å². The molecule has 0 bridgehead atoms. The molecule has 0 aliphatic carbocycles. The van der Waals surface area contributed by atoms with Crippen molar-refractivity contribution in [2.45, 2.75) is 13.0 Å². The van der Waals surface area contributed by atoms with Gasteiger partial charge in [-0.3, -0.25) is 4.68 Å². The first kappa shape index (κ1) is 16.3. The summed E-state index contributed by atoms with van der Waals surface area (Å²) in [6.07, 6.45) is 2.89. The molecular weight excluding hydrogens is 338 g/mol. The van der Waals surface area contributed by atoms with E-state index in [-0.39, 0.29) is 5.28 Å². The Hall–Kier alpha value is -2.18. The van der Waals surface area contributed by atoms with Crippen LogP contribution in [0.2, 0.25) is 5.28 Å². The number of hydrogen-bond acceptors (Lipinski definition) is 5. The Morgan fingerprint density at radius 1 is 1.24 bits per heavy atom. The Kier molecular flexibility index (Phi) is 4.55. The van der Waals surface area contributed by atoms with Crippen molar-refractivity contribution in [3.8, 4) is 0 Å². The molecule has 4 rings (SSSR count). The van der Waals surface area contributed by atoms with Crippen LogP contribution in [-0.2, 0) is 18.4 Å². The van der Waals surface area contributed by atoms with E-state index in [2.05, 4.69) is 32.1 Å². The number of anilines is 1. The van der Waals surface area contributed by atoms with E-state index < -0.39 is 0 Å². The van der Waals surface area contributed by atoms with Crippen LogP contribution >= 0.6 is 11.6 Å². The highest BCUT2D eigenvalue weighted by molar-refractivity contribution is 6.28. The average molecular weight is 358 g/mol. The molecule has 2 aromatic heterocycles. The highest BCUT2D eigenvalue weighted by atomic mass is 35.5. The highest BCUT2D eigenvalue weighted by Crippen LogP contribution is 2.29. The molecule has 0 saturated carbocycles. The van der Waals surface area contributed by atoms with E-state index in [9.17, 15) is 0 Å². The summed E-state index contributed by atoms with van der Waals surface area (Å²) in [6, 6.07) is 10.3. The molecule has 0 spiro atoms. The number of ether oxygens (including phenoxy) is 1. The second-order valence-electron chi connectivity index (χ2n) is 6.42. The fourth-order valence-corrected chi connectivity index (χ4v) is 3.46. The standard InChI is InChI=1S/C18H20ClN5O/c1-23-16-15(9-20-23)17(22-18(19)21-16)24-8-7-14(10-24)12-25-11-13-5-3-2-4-6-13/h2-6,9,14H,7-8,10-12H2,1H3. The lowest BCUT2D eigenvalue weighted by Gasteiger charge is -2.18. The molecule has 6 nitrogen and oxygen atoms in total. The van der Waals surface area contributed by atoms with E-state index in [4.69, 9.17) is 16.3 Å². The van der Waals surface area contributed by atoms with Crippen LogP contribution in [0.4, 0.5) is 5.82 Å². The Morgan fingerprint density at radius 3 is 2.92 bits per heavy atom. The Labute approximate surface area is 151 Å². The summed E-state index contributed by atoms with van der Waals surface area (Å²) >= 11 is 6.10. The maximum absolute atomic E-state index is 6.10. The lowest BCUT2D eigenvalue weighted by molar-refractivity contribution is 0.0929. The third-order valence-corrected chi connectivity index (χ3v) is 4.76. The minimum atomic E-state index is 0.259. The first-order valence-corrected chi connectivity index (χ1v) is 8.80. The molecule has 3 aromatic rings. The van der Waals surface area contributed by atoms with Crippen LogP contribution in [0.3, 0.4) is 0 Å². The number of rotatable bonds is 5. The number of fused-ring (bicyclic) bond motifs is 1. The number of aryl methyl sites for hydroxylation is 1. The average Bonchev–Trinajstić information content (AvgIpc) is 3.23. The van der Waals surface area contributed by atoms with Gasteiger partial charge in [0.2, 0.25) is 5.28 Å². The summed E-state index contributed by atoms with van der Waals surface area (Å²) in [7, 11) is 1.86. The smallest absolute Gasteiger partial charge is 0.226 e. The van der Waals surface area contributed by atoms with Crippen molar-refractivity contribution in [2.75, 3.05) is 24.6 Å². The summed E-state index contributed by atoms with van der Waals surface area (Å²) in [5, 5.41) is 5.48. The Bertz CT molecular complexity index is 867. The minimum Gasteiger partial charge on any atom is -0.376 e. The number of benzene rings is 1. The molecule has 0 N–H and O–H groups in total. The molecule has 0 radical (unpaired) electrons. The maximum Gasteiger partial charge on any atom is 0.226 e. The number of nitrogens with zero attached hydrogens (tertiary/aromatic N) is 5. The summed E-state index contributed by atoms with van der Waals surface area (Å²) in [5.41, 5.74) is 1.97. The largest absolute Gasteiger partial charge is 0.376 e. The van der Waals surface area contributed by atoms with Gasteiger partial charge in [-0.25, -0.2) is 0 Å². The first-order chi connectivity index (χ1) is 12.2. The van der Waals surface area contributed by atoms with Gasteiger partial charge >= 0.3 is 0 Å². The SMILES string of the molecule is Cn1ncc2c(N3CCC(COCc4ccccc4)C3)nc(Cl)nc21. The van der Waals surface area contributed by atoms with E-state index in [1.807, 2.05) is 25.2 Å². The van der Waals surface area contributed by atoms with E-state index in [1.165, 1.54) is 5.56 Å². The maximum atomic E-state index is 6.10. The quantitative estimate of drug-likeness (QED) is 0.657. The van der Waals surface area contributed by atoms with Crippen molar-refractivity contribution in [1.29, 1.82) is 0 Å². The zero-order chi connectivity index (χ0) is 17.2. The van der Waals surface area contributed by atoms with Gasteiger partial charge in [-0.2, -0.15) is 15.1 Å². The van der Waals surface area contributed by atoms with Gasteiger partial charge in [-0.05, 0) is 23.6 Å². The molecule has 0 amide bonds. The van der Waals surface area contributed by atoms with Crippen molar-refractivity contribution in [3.05, 3.63) is 47.4 Å². The lowest BCUT2D eigenvalue weighted by atomic mass is 10.1. The topological polar surface area (TPSA) is 56.1 Å². The van der Waals surface area contributed by atoms with E-state index >= 15 is 0 Å². The summed E-state index contributed by atoms with van der Waals surface area (Å²) < 4.78 is 7.63. The van der Waals surface area contributed by atoms with E-state index in [1.54, 1.807) is 10.9 Å². The van der Waals surface area contributed by atoms with Crippen LogP contribution in [0.15, 0.2) is 36.5 Å². The van der Waals surface area contributed by atoms with Crippen molar-refractivity contribution in [2.24, 2.45) is 13.0 Å². The zero-order valence-electron chi connectivity index (χ0n) is 14.1. The molecule has 130 valence electrons. The van der Waals surface area contributed by atoms with Crippen molar-refractivity contribution in [1.82, 2.24) is 19.7 Å². The summed E-state index contributed by atoms with van der Waals surface area (Å²) in [6.45, 7) is 3.26. The van der Waals surface area contributed by atoms with Crippen LogP contribution in [0.1, 0.15) is 12.0 Å². The lowest BCUT2D eigenvalue weighted by Crippen LogP contribution is -2.22. The van der Waals surface area contributed by atoms with Gasteiger partial charge in [0.05, 0.1) is 24.8 Å². The molecule has 1 aromatic carbocycles. The number of halogens is 1. The molecule has 3 heterocycles. The molecule has 1 saturated heterocycles.